The fraction of sp³-hybridized carbons (Fsp3) is 0.304. The number of carbonyl (C=O) groups excluding carboxylic acids is 2. The molecule has 0 N–H and O–H groups in total. The second-order valence-electron chi connectivity index (χ2n) is 7.47. The fourth-order valence-corrected chi connectivity index (χ4v) is 4.30. The first-order chi connectivity index (χ1) is 13.9. The van der Waals surface area contributed by atoms with Gasteiger partial charge in [-0.3, -0.25) is 9.59 Å². The van der Waals surface area contributed by atoms with Crippen LogP contribution in [-0.4, -0.2) is 11.8 Å². The quantitative estimate of drug-likeness (QED) is 0.320. The Hall–Kier alpha value is -2.30. The number of aryl methyl sites for hydroxylation is 1. The van der Waals surface area contributed by atoms with E-state index in [4.69, 9.17) is 32.7 Å². The van der Waals surface area contributed by atoms with Gasteiger partial charge in [-0.25, -0.2) is 0 Å². The van der Waals surface area contributed by atoms with Crippen molar-refractivity contribution in [3.05, 3.63) is 62.8 Å². The fourth-order valence-electron chi connectivity index (χ4n) is 3.83. The van der Waals surface area contributed by atoms with E-state index >= 15 is 0 Å². The van der Waals surface area contributed by atoms with Crippen LogP contribution < -0.4 is 9.47 Å². The molecule has 0 bridgehead atoms. The van der Waals surface area contributed by atoms with Gasteiger partial charge >= 0.3 is 5.97 Å². The van der Waals surface area contributed by atoms with E-state index in [2.05, 4.69) is 0 Å². The minimum Gasteiger partial charge on any atom is -0.452 e. The highest BCUT2D eigenvalue weighted by molar-refractivity contribution is 6.35. The molecule has 0 amide bonds. The molecule has 0 unspecified atom stereocenters. The highest BCUT2D eigenvalue weighted by Crippen LogP contribution is 2.38. The van der Waals surface area contributed by atoms with E-state index in [1.807, 2.05) is 0 Å². The van der Waals surface area contributed by atoms with Crippen LogP contribution in [0.5, 0.6) is 11.5 Å². The topological polar surface area (TPSA) is 52.6 Å². The molecule has 1 fully saturated rings. The number of esters is 1. The molecule has 2 aliphatic rings. The molecule has 0 atom stereocenters. The van der Waals surface area contributed by atoms with Crippen molar-refractivity contribution in [1.82, 2.24) is 0 Å². The third kappa shape index (κ3) is 4.19. The lowest BCUT2D eigenvalue weighted by Gasteiger charge is -2.20. The average molecular weight is 431 g/mol. The molecule has 4 nitrogen and oxygen atoms in total. The van der Waals surface area contributed by atoms with Crippen LogP contribution >= 0.6 is 23.2 Å². The van der Waals surface area contributed by atoms with Gasteiger partial charge in [-0.1, -0.05) is 48.5 Å². The molecule has 1 heterocycles. The smallest absolute Gasteiger partial charge is 0.314 e. The molecular weight excluding hydrogens is 411 g/mol. The summed E-state index contributed by atoms with van der Waals surface area (Å²) in [6, 6.07) is 8.34. The van der Waals surface area contributed by atoms with Gasteiger partial charge in [0.1, 0.15) is 11.5 Å². The van der Waals surface area contributed by atoms with Crippen LogP contribution in [0.4, 0.5) is 0 Å². The van der Waals surface area contributed by atoms with Crippen molar-refractivity contribution in [2.24, 2.45) is 5.92 Å². The van der Waals surface area contributed by atoms with Crippen molar-refractivity contribution in [3.8, 4) is 11.5 Å². The number of carbonyl (C=O) groups is 2. The molecule has 1 saturated carbocycles. The second-order valence-corrected chi connectivity index (χ2v) is 8.32. The Balaban J connectivity index is 1.58. The summed E-state index contributed by atoms with van der Waals surface area (Å²) in [6.07, 6.45) is 6.61. The van der Waals surface area contributed by atoms with Gasteiger partial charge in [-0.2, -0.15) is 0 Å². The predicted molar refractivity (Wildman–Crippen MR) is 113 cm³/mol. The lowest BCUT2D eigenvalue weighted by atomic mass is 9.89. The Labute approximate surface area is 179 Å². The maximum absolute atomic E-state index is 12.8. The largest absolute Gasteiger partial charge is 0.452 e. The van der Waals surface area contributed by atoms with Gasteiger partial charge < -0.3 is 9.47 Å². The summed E-state index contributed by atoms with van der Waals surface area (Å²) in [7, 11) is 0. The van der Waals surface area contributed by atoms with Crippen LogP contribution in [0, 0.1) is 12.8 Å². The first-order valence-electron chi connectivity index (χ1n) is 9.68. The number of ether oxygens (including phenoxy) is 2. The number of Topliss-reactive ketones (excluding diaryl/α,β-unsaturated/α-hetero) is 1. The standard InChI is InChI=1S/C23H20Cl2O4/c1-13-9-17(28-23(27)14-5-3-2-4-6-14)12-19-21(13)22(26)20(29-19)10-15-7-8-16(24)11-18(15)25/h7-12,14H,2-6H2,1H3/b20-10-. The lowest BCUT2D eigenvalue weighted by Crippen LogP contribution is -2.22. The Bertz CT molecular complexity index is 1020. The third-order valence-electron chi connectivity index (χ3n) is 5.35. The first-order valence-corrected chi connectivity index (χ1v) is 10.4. The van der Waals surface area contributed by atoms with Crippen molar-refractivity contribution < 1.29 is 19.1 Å². The number of benzene rings is 2. The van der Waals surface area contributed by atoms with Crippen LogP contribution in [0.1, 0.15) is 53.6 Å². The van der Waals surface area contributed by atoms with Crippen molar-refractivity contribution >= 4 is 41.0 Å². The normalized spacial score (nSPS) is 17.9. The minimum absolute atomic E-state index is 0.0534. The third-order valence-corrected chi connectivity index (χ3v) is 5.91. The van der Waals surface area contributed by atoms with Crippen LogP contribution in [0.25, 0.3) is 6.08 Å². The zero-order valence-electron chi connectivity index (χ0n) is 16.0. The number of halogens is 2. The summed E-state index contributed by atoms with van der Waals surface area (Å²) in [5.74, 6) is 0.462. The van der Waals surface area contributed by atoms with Gasteiger partial charge in [0.05, 0.1) is 11.5 Å². The molecule has 2 aromatic rings. The first kappa shape index (κ1) is 20.0. The zero-order valence-corrected chi connectivity index (χ0v) is 17.5. The van der Waals surface area contributed by atoms with Crippen molar-refractivity contribution in [3.63, 3.8) is 0 Å². The van der Waals surface area contributed by atoms with Crippen molar-refractivity contribution in [2.45, 2.75) is 39.0 Å². The highest BCUT2D eigenvalue weighted by Gasteiger charge is 2.31. The van der Waals surface area contributed by atoms with E-state index in [0.717, 1.165) is 25.7 Å². The molecule has 2 aromatic carbocycles. The average Bonchev–Trinajstić information content (AvgIpc) is 3.00. The summed E-state index contributed by atoms with van der Waals surface area (Å²) in [4.78, 5) is 25.3. The summed E-state index contributed by atoms with van der Waals surface area (Å²) in [6.45, 7) is 1.80. The maximum atomic E-state index is 12.8. The second kappa shape index (κ2) is 8.21. The van der Waals surface area contributed by atoms with E-state index < -0.39 is 0 Å². The molecule has 0 saturated heterocycles. The molecule has 0 spiro atoms. The van der Waals surface area contributed by atoms with Gasteiger partial charge in [0.2, 0.25) is 5.78 Å². The van der Waals surface area contributed by atoms with Crippen LogP contribution in [-0.2, 0) is 4.79 Å². The molecule has 29 heavy (non-hydrogen) atoms. The summed E-state index contributed by atoms with van der Waals surface area (Å²) < 4.78 is 11.4. The van der Waals surface area contributed by atoms with Gasteiger partial charge in [-0.15, -0.1) is 0 Å². The Kier molecular flexibility index (Phi) is 5.66. The number of hydrogen-bond acceptors (Lipinski definition) is 4. The number of hydrogen-bond donors (Lipinski definition) is 0. The van der Waals surface area contributed by atoms with Gasteiger partial charge in [0, 0.05) is 16.1 Å². The molecule has 4 rings (SSSR count). The molecule has 1 aliphatic heterocycles. The van der Waals surface area contributed by atoms with Crippen LogP contribution in [0.2, 0.25) is 10.0 Å². The van der Waals surface area contributed by atoms with E-state index in [1.165, 1.54) is 6.42 Å². The van der Waals surface area contributed by atoms with Crippen molar-refractivity contribution in [1.29, 1.82) is 0 Å². The van der Waals surface area contributed by atoms with Gasteiger partial charge in [0.25, 0.3) is 0 Å². The van der Waals surface area contributed by atoms with E-state index in [9.17, 15) is 9.59 Å². The highest BCUT2D eigenvalue weighted by atomic mass is 35.5. The number of allylic oxidation sites excluding steroid dienone is 1. The summed E-state index contributed by atoms with van der Waals surface area (Å²) in [5.41, 5.74) is 1.80. The Morgan fingerprint density at radius 1 is 1.14 bits per heavy atom. The van der Waals surface area contributed by atoms with Crippen molar-refractivity contribution in [2.75, 3.05) is 0 Å². The van der Waals surface area contributed by atoms with E-state index in [1.54, 1.807) is 43.3 Å². The summed E-state index contributed by atoms with van der Waals surface area (Å²) >= 11 is 12.1. The molecule has 0 radical (unpaired) electrons. The van der Waals surface area contributed by atoms with Gasteiger partial charge in [0.15, 0.2) is 5.76 Å². The van der Waals surface area contributed by atoms with E-state index in [-0.39, 0.29) is 23.4 Å². The Morgan fingerprint density at radius 3 is 2.62 bits per heavy atom. The number of rotatable bonds is 3. The SMILES string of the molecule is Cc1cc(OC(=O)C2CCCCC2)cc2c1C(=O)/C(=C/c1ccc(Cl)cc1Cl)O2. The lowest BCUT2D eigenvalue weighted by molar-refractivity contribution is -0.139. The van der Waals surface area contributed by atoms with E-state index in [0.29, 0.717) is 38.2 Å². The molecular formula is C23H20Cl2O4. The molecule has 1 aliphatic carbocycles. The maximum Gasteiger partial charge on any atom is 0.314 e. The number of ketones is 1. The molecule has 150 valence electrons. The molecule has 6 heteroatoms. The minimum atomic E-state index is -0.228. The van der Waals surface area contributed by atoms with Crippen LogP contribution in [0.3, 0.4) is 0 Å². The monoisotopic (exact) mass is 430 g/mol. The Morgan fingerprint density at radius 2 is 1.90 bits per heavy atom. The zero-order chi connectivity index (χ0) is 20.5. The van der Waals surface area contributed by atoms with Crippen LogP contribution in [0.15, 0.2) is 36.1 Å². The van der Waals surface area contributed by atoms with Gasteiger partial charge in [-0.05, 0) is 55.2 Å². The number of fused-ring (bicyclic) bond motifs is 1. The summed E-state index contributed by atoms with van der Waals surface area (Å²) in [5, 5.41) is 0.940. The predicted octanol–water partition coefficient (Wildman–Crippen LogP) is 6.40. The molecule has 0 aromatic heterocycles.